The molecule has 0 aromatic heterocycles. The van der Waals surface area contributed by atoms with E-state index in [1.807, 2.05) is 11.9 Å². The molecule has 2 amide bonds. The van der Waals surface area contributed by atoms with E-state index in [-0.39, 0.29) is 29.2 Å². The molecule has 0 spiro atoms. The van der Waals surface area contributed by atoms with Gasteiger partial charge < -0.3 is 16.0 Å². The molecular formula is C21H39N3O2. The van der Waals surface area contributed by atoms with Gasteiger partial charge in [0.1, 0.15) is 0 Å². The van der Waals surface area contributed by atoms with Gasteiger partial charge in [-0.1, -0.05) is 33.1 Å². The minimum absolute atomic E-state index is 0.0469. The van der Waals surface area contributed by atoms with Crippen molar-refractivity contribution in [3.63, 3.8) is 0 Å². The van der Waals surface area contributed by atoms with Gasteiger partial charge >= 0.3 is 0 Å². The van der Waals surface area contributed by atoms with Gasteiger partial charge in [0.2, 0.25) is 11.8 Å². The minimum atomic E-state index is -0.0469. The van der Waals surface area contributed by atoms with Crippen molar-refractivity contribution in [2.75, 3.05) is 20.1 Å². The lowest BCUT2D eigenvalue weighted by molar-refractivity contribution is -0.136. The molecule has 0 unspecified atom stereocenters. The molecular weight excluding hydrogens is 326 g/mol. The summed E-state index contributed by atoms with van der Waals surface area (Å²) in [5.74, 6) is 1.13. The summed E-state index contributed by atoms with van der Waals surface area (Å²) in [6, 6.07) is 0.251. The van der Waals surface area contributed by atoms with Crippen molar-refractivity contribution < 1.29 is 9.59 Å². The number of nitrogens with one attached hydrogen (secondary N) is 1. The summed E-state index contributed by atoms with van der Waals surface area (Å²) in [4.78, 5) is 26.8. The third-order valence-corrected chi connectivity index (χ3v) is 6.23. The maximum atomic E-state index is 12.7. The van der Waals surface area contributed by atoms with Crippen molar-refractivity contribution in [3.8, 4) is 0 Å². The van der Waals surface area contributed by atoms with Crippen LogP contribution in [0.5, 0.6) is 0 Å². The smallest absolute Gasteiger partial charge is 0.225 e. The molecule has 150 valence electrons. The third-order valence-electron chi connectivity index (χ3n) is 6.23. The molecule has 2 saturated carbocycles. The normalized spacial score (nSPS) is 24.9. The van der Waals surface area contributed by atoms with Crippen LogP contribution < -0.4 is 11.1 Å². The second kappa shape index (κ2) is 9.72. The van der Waals surface area contributed by atoms with Gasteiger partial charge in [-0.15, -0.1) is 0 Å². The number of amides is 2. The highest BCUT2D eigenvalue weighted by Crippen LogP contribution is 2.28. The Balaban J connectivity index is 1.70. The van der Waals surface area contributed by atoms with Crippen LogP contribution in [0.1, 0.15) is 78.1 Å². The second-order valence-electron chi connectivity index (χ2n) is 9.39. The van der Waals surface area contributed by atoms with E-state index in [4.69, 9.17) is 5.73 Å². The maximum absolute atomic E-state index is 12.7. The highest BCUT2D eigenvalue weighted by atomic mass is 16.2. The zero-order chi connectivity index (χ0) is 19.2. The van der Waals surface area contributed by atoms with Crippen molar-refractivity contribution in [3.05, 3.63) is 0 Å². The van der Waals surface area contributed by atoms with Crippen LogP contribution in [0, 0.1) is 17.3 Å². The molecule has 0 aliphatic heterocycles. The summed E-state index contributed by atoms with van der Waals surface area (Å²) in [5.41, 5.74) is 5.74. The highest BCUT2D eigenvalue weighted by molar-refractivity contribution is 5.79. The largest absolute Gasteiger partial charge is 0.353 e. The van der Waals surface area contributed by atoms with E-state index in [0.717, 1.165) is 25.7 Å². The van der Waals surface area contributed by atoms with Crippen molar-refractivity contribution in [2.45, 2.75) is 84.1 Å². The van der Waals surface area contributed by atoms with Crippen LogP contribution in [-0.4, -0.2) is 42.9 Å². The first-order chi connectivity index (χ1) is 12.3. The molecule has 0 aromatic rings. The number of nitrogens with zero attached hydrogens (tertiary/aromatic N) is 1. The second-order valence-corrected chi connectivity index (χ2v) is 9.39. The molecule has 26 heavy (non-hydrogen) atoms. The fraction of sp³-hybridized carbons (Fsp3) is 0.905. The quantitative estimate of drug-likeness (QED) is 0.728. The van der Waals surface area contributed by atoms with Gasteiger partial charge in [0.15, 0.2) is 0 Å². The topological polar surface area (TPSA) is 75.4 Å². The van der Waals surface area contributed by atoms with Crippen LogP contribution in [0.15, 0.2) is 0 Å². The van der Waals surface area contributed by atoms with Gasteiger partial charge in [-0.25, -0.2) is 0 Å². The average molecular weight is 366 g/mol. The fourth-order valence-electron chi connectivity index (χ4n) is 4.52. The summed E-state index contributed by atoms with van der Waals surface area (Å²) >= 11 is 0. The van der Waals surface area contributed by atoms with Crippen molar-refractivity contribution in [1.29, 1.82) is 0 Å². The number of nitrogens with two attached hydrogens (primary N) is 1. The summed E-state index contributed by atoms with van der Waals surface area (Å²) < 4.78 is 0. The lowest BCUT2D eigenvalue weighted by Gasteiger charge is -2.34. The Kier molecular flexibility index (Phi) is 7.93. The molecule has 5 nitrogen and oxygen atoms in total. The predicted molar refractivity (Wildman–Crippen MR) is 106 cm³/mol. The highest BCUT2D eigenvalue weighted by Gasteiger charge is 2.31. The number of hydrogen-bond acceptors (Lipinski definition) is 3. The number of carbonyl (C=O) groups is 2. The van der Waals surface area contributed by atoms with Gasteiger partial charge in [-0.3, -0.25) is 9.59 Å². The molecule has 2 rings (SSSR count). The van der Waals surface area contributed by atoms with Crippen LogP contribution in [0.25, 0.3) is 0 Å². The number of hydrogen-bond donors (Lipinski definition) is 2. The standard InChI is InChI=1S/C21H39N3O2/c1-21(2,14-22)15-24(3)20(26)17-9-11-18(12-10-17)23-19(25)13-16-7-5-4-6-8-16/h16-18H,4-15,22H2,1-3H3,(H,23,25). The monoisotopic (exact) mass is 365 g/mol. The summed E-state index contributed by atoms with van der Waals surface area (Å²) in [6.07, 6.45) is 10.6. The molecule has 0 atom stereocenters. The van der Waals surface area contributed by atoms with Gasteiger partial charge in [0, 0.05) is 32.0 Å². The Morgan fingerprint density at radius 1 is 1.04 bits per heavy atom. The number of carbonyl (C=O) groups excluding carboxylic acids is 2. The molecule has 2 aliphatic carbocycles. The molecule has 0 heterocycles. The molecule has 5 heteroatoms. The summed E-state index contributed by atoms with van der Waals surface area (Å²) in [6.45, 7) is 5.45. The average Bonchev–Trinajstić information content (AvgIpc) is 2.62. The van der Waals surface area contributed by atoms with Crippen LogP contribution in [0.3, 0.4) is 0 Å². The lowest BCUT2D eigenvalue weighted by Crippen LogP contribution is -2.44. The minimum Gasteiger partial charge on any atom is -0.353 e. The van der Waals surface area contributed by atoms with Gasteiger partial charge in [-0.2, -0.15) is 0 Å². The van der Waals surface area contributed by atoms with E-state index < -0.39 is 0 Å². The van der Waals surface area contributed by atoms with Crippen molar-refractivity contribution >= 4 is 11.8 Å². The first kappa shape index (κ1) is 21.2. The first-order valence-corrected chi connectivity index (χ1v) is 10.5. The summed E-state index contributed by atoms with van der Waals surface area (Å²) in [7, 11) is 1.89. The van der Waals surface area contributed by atoms with E-state index in [1.54, 1.807) is 0 Å². The SMILES string of the molecule is CN(CC(C)(C)CN)C(=O)C1CCC(NC(=O)CC2CCCCC2)CC1. The Labute approximate surface area is 159 Å². The molecule has 2 aliphatic rings. The molecule has 2 fully saturated rings. The zero-order valence-electron chi connectivity index (χ0n) is 17.1. The van der Waals surface area contributed by atoms with E-state index in [2.05, 4.69) is 19.2 Å². The third kappa shape index (κ3) is 6.57. The molecule has 0 radical (unpaired) electrons. The molecule has 0 saturated heterocycles. The van der Waals surface area contributed by atoms with Gasteiger partial charge in [0.05, 0.1) is 0 Å². The van der Waals surface area contributed by atoms with E-state index in [1.165, 1.54) is 32.1 Å². The molecule has 3 N–H and O–H groups in total. The predicted octanol–water partition coefficient (Wildman–Crippen LogP) is 3.08. The molecule has 0 bridgehead atoms. The Hall–Kier alpha value is -1.10. The van der Waals surface area contributed by atoms with E-state index in [9.17, 15) is 9.59 Å². The first-order valence-electron chi connectivity index (χ1n) is 10.5. The number of rotatable bonds is 7. The van der Waals surface area contributed by atoms with Crippen molar-refractivity contribution in [2.24, 2.45) is 23.0 Å². The Morgan fingerprint density at radius 3 is 2.23 bits per heavy atom. The van der Waals surface area contributed by atoms with E-state index in [0.29, 0.717) is 25.4 Å². The van der Waals surface area contributed by atoms with Crippen molar-refractivity contribution in [1.82, 2.24) is 10.2 Å². The van der Waals surface area contributed by atoms with E-state index >= 15 is 0 Å². The molecule has 0 aromatic carbocycles. The van der Waals surface area contributed by atoms with Crippen LogP contribution >= 0.6 is 0 Å². The van der Waals surface area contributed by atoms with Crippen LogP contribution in [0.4, 0.5) is 0 Å². The summed E-state index contributed by atoms with van der Waals surface area (Å²) in [5, 5.41) is 3.22. The zero-order valence-corrected chi connectivity index (χ0v) is 17.1. The fourth-order valence-corrected chi connectivity index (χ4v) is 4.52. The van der Waals surface area contributed by atoms with Gasteiger partial charge in [-0.05, 0) is 56.4 Å². The maximum Gasteiger partial charge on any atom is 0.225 e. The Morgan fingerprint density at radius 2 is 1.65 bits per heavy atom. The lowest BCUT2D eigenvalue weighted by atomic mass is 9.84. The van der Waals surface area contributed by atoms with Crippen LogP contribution in [0.2, 0.25) is 0 Å². The van der Waals surface area contributed by atoms with Gasteiger partial charge in [0.25, 0.3) is 0 Å². The van der Waals surface area contributed by atoms with Crippen LogP contribution in [-0.2, 0) is 9.59 Å². The Bertz CT molecular complexity index is 464.